The summed E-state index contributed by atoms with van der Waals surface area (Å²) >= 11 is 0. The monoisotopic (exact) mass is 397 g/mol. The van der Waals surface area contributed by atoms with E-state index >= 15 is 0 Å². The van der Waals surface area contributed by atoms with Crippen molar-refractivity contribution in [2.24, 2.45) is 0 Å². The average Bonchev–Trinajstić information content (AvgIpc) is 2.70. The maximum Gasteiger partial charge on any atom is 0.306 e. The molecule has 6 nitrogen and oxygen atoms in total. The van der Waals surface area contributed by atoms with Crippen LogP contribution in [0.4, 0.5) is 18.9 Å². The van der Waals surface area contributed by atoms with Crippen molar-refractivity contribution in [3.05, 3.63) is 53.8 Å². The highest BCUT2D eigenvalue weighted by Crippen LogP contribution is 2.19. The summed E-state index contributed by atoms with van der Waals surface area (Å²) in [6.45, 7) is -0.426. The van der Waals surface area contributed by atoms with Gasteiger partial charge in [0.05, 0.1) is 19.4 Å². The fourth-order valence-electron chi connectivity index (χ4n) is 2.11. The van der Waals surface area contributed by atoms with E-state index in [2.05, 4.69) is 0 Å². The molecule has 2 aromatic carbocycles. The van der Waals surface area contributed by atoms with Crippen LogP contribution < -0.4 is 14.8 Å². The molecule has 0 aliphatic rings. The summed E-state index contributed by atoms with van der Waals surface area (Å²) in [7, 11) is 1.55. The van der Waals surface area contributed by atoms with Crippen molar-refractivity contribution in [1.82, 2.24) is 0 Å². The molecule has 0 aromatic heterocycles. The Hall–Kier alpha value is -3.23. The zero-order valence-corrected chi connectivity index (χ0v) is 15.0. The van der Waals surface area contributed by atoms with Crippen molar-refractivity contribution in [2.45, 2.75) is 12.8 Å². The Bertz CT molecular complexity index is 827. The fourth-order valence-corrected chi connectivity index (χ4v) is 2.11. The van der Waals surface area contributed by atoms with Crippen molar-refractivity contribution in [2.75, 3.05) is 25.6 Å². The second-order valence-corrected chi connectivity index (χ2v) is 5.56. The van der Waals surface area contributed by atoms with Gasteiger partial charge in [0, 0.05) is 6.42 Å². The number of carbonyl (C=O) groups excluding carboxylic acids is 2. The number of hydrogen-bond acceptors (Lipinski definition) is 5. The maximum absolute atomic E-state index is 13.5. The van der Waals surface area contributed by atoms with Gasteiger partial charge in [-0.25, -0.2) is 13.2 Å². The van der Waals surface area contributed by atoms with E-state index in [9.17, 15) is 22.8 Å². The number of methoxy groups -OCH3 is 1. The van der Waals surface area contributed by atoms with Gasteiger partial charge in [0.1, 0.15) is 11.5 Å². The molecule has 0 radical (unpaired) electrons. The van der Waals surface area contributed by atoms with Gasteiger partial charge in [0.2, 0.25) is 0 Å². The van der Waals surface area contributed by atoms with E-state index in [0.29, 0.717) is 24.0 Å². The van der Waals surface area contributed by atoms with Crippen LogP contribution in [0.15, 0.2) is 36.4 Å². The number of benzene rings is 2. The summed E-state index contributed by atoms with van der Waals surface area (Å²) in [4.78, 5) is 23.2. The Balaban J connectivity index is 1.66. The van der Waals surface area contributed by atoms with Crippen LogP contribution >= 0.6 is 0 Å². The Labute approximate surface area is 159 Å². The van der Waals surface area contributed by atoms with Crippen LogP contribution in [0.25, 0.3) is 0 Å². The number of halogens is 3. The van der Waals surface area contributed by atoms with Gasteiger partial charge in [-0.15, -0.1) is 0 Å². The first-order valence-corrected chi connectivity index (χ1v) is 8.26. The van der Waals surface area contributed by atoms with E-state index in [1.807, 2.05) is 5.32 Å². The van der Waals surface area contributed by atoms with Crippen LogP contribution in [-0.4, -0.2) is 32.2 Å². The zero-order chi connectivity index (χ0) is 20.5. The van der Waals surface area contributed by atoms with Crippen LogP contribution in [0.2, 0.25) is 0 Å². The van der Waals surface area contributed by atoms with Crippen molar-refractivity contribution < 1.29 is 37.0 Å². The number of amides is 1. The lowest BCUT2D eigenvalue weighted by molar-refractivity contribution is -0.147. The molecule has 1 N–H and O–H groups in total. The van der Waals surface area contributed by atoms with Crippen LogP contribution in [-0.2, 0) is 14.3 Å². The minimum absolute atomic E-state index is 0.00295. The quantitative estimate of drug-likeness (QED) is 0.399. The van der Waals surface area contributed by atoms with Gasteiger partial charge >= 0.3 is 5.97 Å². The van der Waals surface area contributed by atoms with Gasteiger partial charge < -0.3 is 19.5 Å². The smallest absolute Gasteiger partial charge is 0.306 e. The van der Waals surface area contributed by atoms with E-state index in [1.165, 1.54) is 0 Å². The van der Waals surface area contributed by atoms with Crippen LogP contribution in [0.3, 0.4) is 0 Å². The molecule has 0 bridgehead atoms. The summed E-state index contributed by atoms with van der Waals surface area (Å²) in [5.41, 5.74) is -0.548. The van der Waals surface area contributed by atoms with Gasteiger partial charge in [0.25, 0.3) is 5.91 Å². The SMILES string of the molecule is COc1ccc(OCCCC(=O)OCC(=O)Nc2ccc(F)c(F)c2F)cc1. The number of anilines is 1. The van der Waals surface area contributed by atoms with E-state index in [0.717, 1.165) is 6.07 Å². The molecule has 2 aromatic rings. The third kappa shape index (κ3) is 6.19. The summed E-state index contributed by atoms with van der Waals surface area (Å²) in [5.74, 6) is -4.84. The number of ether oxygens (including phenoxy) is 3. The van der Waals surface area contributed by atoms with Crippen molar-refractivity contribution in [3.63, 3.8) is 0 Å². The first-order chi connectivity index (χ1) is 13.4. The lowest BCUT2D eigenvalue weighted by atomic mass is 10.3. The molecular formula is C19H18F3NO5. The third-order valence-corrected chi connectivity index (χ3v) is 3.53. The highest BCUT2D eigenvalue weighted by molar-refractivity contribution is 5.92. The Kier molecular flexibility index (Phi) is 7.67. The highest BCUT2D eigenvalue weighted by atomic mass is 19.2. The first kappa shape index (κ1) is 21.1. The molecule has 0 aliphatic heterocycles. The molecule has 0 heterocycles. The Morgan fingerprint density at radius 1 is 0.964 bits per heavy atom. The number of nitrogens with one attached hydrogen (secondary N) is 1. The highest BCUT2D eigenvalue weighted by Gasteiger charge is 2.16. The van der Waals surface area contributed by atoms with Crippen molar-refractivity contribution in [1.29, 1.82) is 0 Å². The van der Waals surface area contributed by atoms with Crippen molar-refractivity contribution in [3.8, 4) is 11.5 Å². The molecule has 0 saturated heterocycles. The second-order valence-electron chi connectivity index (χ2n) is 5.56. The maximum atomic E-state index is 13.5. The van der Waals surface area contributed by atoms with E-state index < -0.39 is 41.6 Å². The van der Waals surface area contributed by atoms with Crippen molar-refractivity contribution >= 4 is 17.6 Å². The molecule has 2 rings (SSSR count). The molecule has 150 valence electrons. The number of esters is 1. The second kappa shape index (κ2) is 10.2. The fraction of sp³-hybridized carbons (Fsp3) is 0.263. The predicted molar refractivity (Wildman–Crippen MR) is 93.6 cm³/mol. The lowest BCUT2D eigenvalue weighted by Gasteiger charge is -2.09. The number of carbonyl (C=O) groups is 2. The minimum atomic E-state index is -1.70. The van der Waals surface area contributed by atoms with Gasteiger partial charge in [-0.05, 0) is 42.8 Å². The Morgan fingerprint density at radius 3 is 2.32 bits per heavy atom. The van der Waals surface area contributed by atoms with E-state index in [4.69, 9.17) is 14.2 Å². The lowest BCUT2D eigenvalue weighted by Crippen LogP contribution is -2.22. The predicted octanol–water partition coefficient (Wildman–Crippen LogP) is 3.45. The minimum Gasteiger partial charge on any atom is -0.497 e. The van der Waals surface area contributed by atoms with E-state index in [1.54, 1.807) is 31.4 Å². The topological polar surface area (TPSA) is 73.9 Å². The van der Waals surface area contributed by atoms with Gasteiger partial charge in [0.15, 0.2) is 24.1 Å². The molecule has 0 spiro atoms. The molecule has 0 atom stereocenters. The summed E-state index contributed by atoms with van der Waals surface area (Å²) in [5, 5.41) is 2.00. The first-order valence-electron chi connectivity index (χ1n) is 8.26. The average molecular weight is 397 g/mol. The van der Waals surface area contributed by atoms with Gasteiger partial charge in [-0.1, -0.05) is 0 Å². The summed E-state index contributed by atoms with van der Waals surface area (Å²) < 4.78 is 54.6. The molecular weight excluding hydrogens is 379 g/mol. The molecule has 0 aliphatic carbocycles. The number of hydrogen-bond donors (Lipinski definition) is 1. The normalized spacial score (nSPS) is 10.3. The van der Waals surface area contributed by atoms with Crippen LogP contribution in [0, 0.1) is 17.5 Å². The third-order valence-electron chi connectivity index (χ3n) is 3.53. The number of rotatable bonds is 9. The Morgan fingerprint density at radius 2 is 1.64 bits per heavy atom. The molecule has 1 amide bonds. The molecule has 0 saturated carbocycles. The summed E-state index contributed by atoms with van der Waals surface area (Å²) in [6, 6.07) is 8.45. The molecule has 0 fully saturated rings. The van der Waals surface area contributed by atoms with E-state index in [-0.39, 0.29) is 13.0 Å². The van der Waals surface area contributed by atoms with Crippen LogP contribution in [0.1, 0.15) is 12.8 Å². The standard InChI is InChI=1S/C19H18F3NO5/c1-26-12-4-6-13(7-5-12)27-10-2-3-17(25)28-11-16(24)23-15-9-8-14(20)18(21)19(15)22/h4-9H,2-3,10-11H2,1H3,(H,23,24). The summed E-state index contributed by atoms with van der Waals surface area (Å²) in [6.07, 6.45) is 0.354. The molecule has 9 heteroatoms. The zero-order valence-electron chi connectivity index (χ0n) is 15.0. The largest absolute Gasteiger partial charge is 0.497 e. The molecule has 28 heavy (non-hydrogen) atoms. The van der Waals surface area contributed by atoms with Gasteiger partial charge in [-0.3, -0.25) is 9.59 Å². The van der Waals surface area contributed by atoms with Crippen LogP contribution in [0.5, 0.6) is 11.5 Å². The van der Waals surface area contributed by atoms with Gasteiger partial charge in [-0.2, -0.15) is 0 Å². The molecule has 0 unspecified atom stereocenters.